The van der Waals surface area contributed by atoms with Crippen molar-refractivity contribution in [1.82, 2.24) is 0 Å². The Kier molecular flexibility index (Phi) is 3.06. The molecule has 76 valence electrons. The van der Waals surface area contributed by atoms with E-state index >= 15 is 0 Å². The maximum Gasteiger partial charge on any atom is 0.151 e. The maximum atomic E-state index is 12.8. The Morgan fingerprint density at radius 3 is 2.64 bits per heavy atom. The Balaban J connectivity index is 2.91. The van der Waals surface area contributed by atoms with Crippen molar-refractivity contribution in [1.29, 1.82) is 0 Å². The van der Waals surface area contributed by atoms with Crippen molar-refractivity contribution in [3.8, 4) is 0 Å². The summed E-state index contributed by atoms with van der Waals surface area (Å²) in [6, 6.07) is 5.74. The third-order valence-corrected chi connectivity index (χ3v) is 2.54. The Morgan fingerprint density at radius 1 is 1.50 bits per heavy atom. The second kappa shape index (κ2) is 3.92. The van der Waals surface area contributed by atoms with Crippen molar-refractivity contribution in [3.63, 3.8) is 0 Å². The van der Waals surface area contributed by atoms with Crippen LogP contribution in [0.2, 0.25) is 0 Å². The summed E-state index contributed by atoms with van der Waals surface area (Å²) in [6.45, 7) is 3.61. The van der Waals surface area contributed by atoms with E-state index in [0.29, 0.717) is 11.1 Å². The number of sulfone groups is 1. The Labute approximate surface area is 83.0 Å². The van der Waals surface area contributed by atoms with Crippen molar-refractivity contribution >= 4 is 15.4 Å². The largest absolute Gasteiger partial charge is 0.229 e. The Morgan fingerprint density at radius 2 is 2.14 bits per heavy atom. The van der Waals surface area contributed by atoms with Gasteiger partial charge in [0.15, 0.2) is 9.84 Å². The van der Waals surface area contributed by atoms with Crippen molar-refractivity contribution in [2.75, 3.05) is 12.0 Å². The van der Waals surface area contributed by atoms with Crippen LogP contribution in [0.5, 0.6) is 0 Å². The van der Waals surface area contributed by atoms with E-state index in [9.17, 15) is 12.8 Å². The highest BCUT2D eigenvalue weighted by Gasteiger charge is 2.07. The minimum absolute atomic E-state index is 0.142. The quantitative estimate of drug-likeness (QED) is 0.770. The topological polar surface area (TPSA) is 34.1 Å². The third-order valence-electron chi connectivity index (χ3n) is 1.67. The van der Waals surface area contributed by atoms with Crippen LogP contribution in [0.25, 0.3) is 5.57 Å². The lowest BCUT2D eigenvalue weighted by Crippen LogP contribution is -2.04. The van der Waals surface area contributed by atoms with Crippen molar-refractivity contribution < 1.29 is 12.8 Å². The van der Waals surface area contributed by atoms with Gasteiger partial charge in [0.05, 0.1) is 5.75 Å². The number of hydrogen-bond donors (Lipinski definition) is 0. The second-order valence-corrected chi connectivity index (χ2v) is 5.32. The Hall–Kier alpha value is -1.16. The van der Waals surface area contributed by atoms with Crippen LogP contribution in [0, 0.1) is 5.82 Å². The van der Waals surface area contributed by atoms with Gasteiger partial charge < -0.3 is 0 Å². The molecule has 0 aliphatic heterocycles. The monoisotopic (exact) mass is 214 g/mol. The molecule has 1 aromatic carbocycles. The van der Waals surface area contributed by atoms with E-state index in [4.69, 9.17) is 0 Å². The second-order valence-electron chi connectivity index (χ2n) is 3.18. The van der Waals surface area contributed by atoms with Gasteiger partial charge in [-0.25, -0.2) is 12.8 Å². The highest BCUT2D eigenvalue weighted by molar-refractivity contribution is 7.91. The summed E-state index contributed by atoms with van der Waals surface area (Å²) in [4.78, 5) is 0. The van der Waals surface area contributed by atoms with Crippen molar-refractivity contribution in [2.45, 2.75) is 0 Å². The molecule has 0 amide bonds. The van der Waals surface area contributed by atoms with E-state index in [1.165, 1.54) is 18.2 Å². The Bertz CT molecular complexity index is 449. The van der Waals surface area contributed by atoms with Gasteiger partial charge in [0, 0.05) is 6.26 Å². The number of halogens is 1. The highest BCUT2D eigenvalue weighted by atomic mass is 32.2. The van der Waals surface area contributed by atoms with E-state index < -0.39 is 15.7 Å². The van der Waals surface area contributed by atoms with E-state index in [-0.39, 0.29) is 5.75 Å². The molecule has 0 spiro atoms. The van der Waals surface area contributed by atoms with E-state index in [0.717, 1.165) is 6.26 Å². The summed E-state index contributed by atoms with van der Waals surface area (Å²) in [7, 11) is -3.11. The van der Waals surface area contributed by atoms with Crippen molar-refractivity contribution in [2.24, 2.45) is 0 Å². The fraction of sp³-hybridized carbons (Fsp3) is 0.200. The molecule has 0 aliphatic carbocycles. The molecule has 0 radical (unpaired) electrons. The molecule has 0 aliphatic rings. The van der Waals surface area contributed by atoms with E-state index in [1.807, 2.05) is 0 Å². The molecule has 0 unspecified atom stereocenters. The van der Waals surface area contributed by atoms with Crippen molar-refractivity contribution in [3.05, 3.63) is 42.2 Å². The number of hydrogen-bond acceptors (Lipinski definition) is 2. The first-order chi connectivity index (χ1) is 6.38. The molecule has 0 saturated heterocycles. The standard InChI is InChI=1S/C10H11FO2S/c1-8(7-14(2,12)13)9-4-3-5-10(11)6-9/h3-6H,1,7H2,2H3. The maximum absolute atomic E-state index is 12.8. The highest BCUT2D eigenvalue weighted by Crippen LogP contribution is 2.14. The number of benzene rings is 1. The molecule has 0 fully saturated rings. The summed E-state index contributed by atoms with van der Waals surface area (Å²) in [5, 5.41) is 0. The van der Waals surface area contributed by atoms with Gasteiger partial charge >= 0.3 is 0 Å². The van der Waals surface area contributed by atoms with Gasteiger partial charge in [-0.05, 0) is 23.3 Å². The summed E-state index contributed by atoms with van der Waals surface area (Å²) in [5.41, 5.74) is 0.933. The average molecular weight is 214 g/mol. The SMILES string of the molecule is C=C(CS(C)(=O)=O)c1cccc(F)c1. The fourth-order valence-electron chi connectivity index (χ4n) is 1.11. The fourth-order valence-corrected chi connectivity index (χ4v) is 1.91. The lowest BCUT2D eigenvalue weighted by atomic mass is 10.1. The first-order valence-electron chi connectivity index (χ1n) is 4.00. The zero-order chi connectivity index (χ0) is 10.8. The molecule has 0 aromatic heterocycles. The predicted molar refractivity (Wildman–Crippen MR) is 55.1 cm³/mol. The van der Waals surface area contributed by atoms with Gasteiger partial charge in [-0.15, -0.1) is 0 Å². The third kappa shape index (κ3) is 3.30. The first kappa shape index (κ1) is 10.9. The zero-order valence-corrected chi connectivity index (χ0v) is 8.64. The first-order valence-corrected chi connectivity index (χ1v) is 6.06. The van der Waals surface area contributed by atoms with Gasteiger partial charge in [0.25, 0.3) is 0 Å². The lowest BCUT2D eigenvalue weighted by molar-refractivity contribution is 0.605. The molecule has 0 saturated carbocycles. The number of rotatable bonds is 3. The van der Waals surface area contributed by atoms with Crippen LogP contribution >= 0.6 is 0 Å². The molecule has 2 nitrogen and oxygen atoms in total. The van der Waals surface area contributed by atoms with Gasteiger partial charge in [-0.3, -0.25) is 0 Å². The molecule has 0 N–H and O–H groups in total. The van der Waals surface area contributed by atoms with Crippen LogP contribution in [-0.2, 0) is 9.84 Å². The molecule has 1 rings (SSSR count). The summed E-state index contributed by atoms with van der Waals surface area (Å²) in [6.07, 6.45) is 1.12. The van der Waals surface area contributed by atoms with E-state index in [2.05, 4.69) is 6.58 Å². The van der Waals surface area contributed by atoms with Gasteiger partial charge in [-0.2, -0.15) is 0 Å². The van der Waals surface area contributed by atoms with Crippen LogP contribution in [0.1, 0.15) is 5.56 Å². The van der Waals surface area contributed by atoms with Crippen LogP contribution in [0.15, 0.2) is 30.8 Å². The molecule has 0 bridgehead atoms. The molecule has 1 aromatic rings. The molecule has 0 atom stereocenters. The summed E-state index contributed by atoms with van der Waals surface area (Å²) in [5.74, 6) is -0.534. The molecule has 0 heterocycles. The van der Waals surface area contributed by atoms with Crippen LogP contribution in [-0.4, -0.2) is 20.4 Å². The summed E-state index contributed by atoms with van der Waals surface area (Å²) >= 11 is 0. The average Bonchev–Trinajstić information content (AvgIpc) is 2.01. The van der Waals surface area contributed by atoms with Gasteiger partial charge in [-0.1, -0.05) is 18.7 Å². The molecular formula is C10H11FO2S. The normalized spacial score (nSPS) is 11.3. The van der Waals surface area contributed by atoms with E-state index in [1.54, 1.807) is 6.07 Å². The predicted octanol–water partition coefficient (Wildman–Crippen LogP) is 1.88. The minimum atomic E-state index is -3.11. The zero-order valence-electron chi connectivity index (χ0n) is 7.83. The summed E-state index contributed by atoms with van der Waals surface area (Å²) < 4.78 is 34.7. The molecule has 4 heteroatoms. The van der Waals surface area contributed by atoms with Gasteiger partial charge in [0.1, 0.15) is 5.82 Å². The smallest absolute Gasteiger partial charge is 0.151 e. The molecule has 14 heavy (non-hydrogen) atoms. The van der Waals surface area contributed by atoms with Gasteiger partial charge in [0.2, 0.25) is 0 Å². The minimum Gasteiger partial charge on any atom is -0.229 e. The van der Waals surface area contributed by atoms with Crippen LogP contribution < -0.4 is 0 Å². The molecular weight excluding hydrogens is 203 g/mol. The lowest BCUT2D eigenvalue weighted by Gasteiger charge is -2.03. The van der Waals surface area contributed by atoms with Crippen LogP contribution in [0.4, 0.5) is 4.39 Å². The van der Waals surface area contributed by atoms with Crippen LogP contribution in [0.3, 0.4) is 0 Å².